The van der Waals surface area contributed by atoms with E-state index in [1.165, 1.54) is 0 Å². The molecule has 86 valence electrons. The van der Waals surface area contributed by atoms with Crippen LogP contribution in [0.25, 0.3) is 17.1 Å². The molecule has 2 N–H and O–H groups in total. The third-order valence-corrected chi connectivity index (χ3v) is 3.39. The van der Waals surface area contributed by atoms with Crippen LogP contribution in [-0.4, -0.2) is 9.38 Å². The third-order valence-electron chi connectivity index (χ3n) is 2.47. The number of pyridine rings is 1. The van der Waals surface area contributed by atoms with Crippen LogP contribution in [0.1, 0.15) is 0 Å². The first-order valence-electron chi connectivity index (χ1n) is 4.84. The van der Waals surface area contributed by atoms with Crippen molar-refractivity contribution in [3.05, 3.63) is 40.2 Å². The van der Waals surface area contributed by atoms with E-state index in [-0.39, 0.29) is 0 Å². The zero-order valence-corrected chi connectivity index (χ0v) is 10.9. The summed E-state index contributed by atoms with van der Waals surface area (Å²) in [6.45, 7) is 0. The van der Waals surface area contributed by atoms with Crippen molar-refractivity contribution in [2.75, 3.05) is 5.73 Å². The molecule has 17 heavy (non-hydrogen) atoms. The molecule has 3 aromatic heterocycles. The van der Waals surface area contributed by atoms with Crippen LogP contribution in [0.5, 0.6) is 0 Å². The predicted octanol–water partition coefficient (Wildman–Crippen LogP) is 3.59. The molecule has 3 heterocycles. The Hall–Kier alpha value is -1.46. The Labute approximate surface area is 110 Å². The summed E-state index contributed by atoms with van der Waals surface area (Å²) in [5, 5.41) is 0.549. The van der Waals surface area contributed by atoms with Crippen molar-refractivity contribution < 1.29 is 4.42 Å². The summed E-state index contributed by atoms with van der Waals surface area (Å²) in [5.74, 6) is 1.10. The van der Waals surface area contributed by atoms with E-state index >= 15 is 0 Å². The maximum absolute atomic E-state index is 6.06. The van der Waals surface area contributed by atoms with Crippen LogP contribution in [0.15, 0.2) is 39.5 Å². The van der Waals surface area contributed by atoms with Crippen molar-refractivity contribution in [3.63, 3.8) is 0 Å². The van der Waals surface area contributed by atoms with Gasteiger partial charge in [0.05, 0.1) is 15.8 Å². The van der Waals surface area contributed by atoms with Crippen LogP contribution in [0.3, 0.4) is 0 Å². The van der Waals surface area contributed by atoms with Gasteiger partial charge in [-0.2, -0.15) is 0 Å². The van der Waals surface area contributed by atoms with E-state index in [1.54, 1.807) is 22.8 Å². The smallest absolute Gasteiger partial charge is 0.170 e. The van der Waals surface area contributed by atoms with E-state index in [4.69, 9.17) is 21.8 Å². The Morgan fingerprint density at radius 3 is 2.88 bits per heavy atom. The number of nitrogen functional groups attached to an aromatic ring is 1. The number of anilines is 1. The van der Waals surface area contributed by atoms with Gasteiger partial charge in [-0.1, -0.05) is 11.6 Å². The maximum Gasteiger partial charge on any atom is 0.170 e. The third kappa shape index (κ3) is 1.54. The maximum atomic E-state index is 6.06. The minimum atomic E-state index is 0.498. The Morgan fingerprint density at radius 2 is 2.24 bits per heavy atom. The molecule has 0 saturated carbocycles. The minimum absolute atomic E-state index is 0.498. The molecule has 6 heteroatoms. The molecule has 0 atom stereocenters. The number of halogens is 2. The molecule has 0 saturated heterocycles. The van der Waals surface area contributed by atoms with Gasteiger partial charge in [-0.15, -0.1) is 0 Å². The summed E-state index contributed by atoms with van der Waals surface area (Å²) in [7, 11) is 0. The highest BCUT2D eigenvalue weighted by atomic mass is 79.9. The Morgan fingerprint density at radius 1 is 1.41 bits per heavy atom. The second-order valence-corrected chi connectivity index (χ2v) is 4.75. The van der Waals surface area contributed by atoms with Crippen molar-refractivity contribution in [1.82, 2.24) is 9.38 Å². The standard InChI is InChI=1S/C11H7BrClN3O/c12-6-3-5-17-9(6)8-10(14)16-4-1-2-7(13)11(16)15-8/h1-5H,14H2. The number of hydrogen-bond donors (Lipinski definition) is 1. The number of hydrogen-bond acceptors (Lipinski definition) is 3. The summed E-state index contributed by atoms with van der Waals surface area (Å²) in [4.78, 5) is 4.40. The molecule has 0 aliphatic carbocycles. The van der Waals surface area contributed by atoms with Gasteiger partial charge in [-0.3, -0.25) is 4.40 Å². The number of aromatic nitrogens is 2. The molecule has 0 amide bonds. The number of furan rings is 1. The summed E-state index contributed by atoms with van der Waals surface area (Å²) >= 11 is 9.44. The summed E-state index contributed by atoms with van der Waals surface area (Å²) in [6, 6.07) is 5.37. The van der Waals surface area contributed by atoms with E-state index in [0.717, 1.165) is 4.47 Å². The van der Waals surface area contributed by atoms with Crippen molar-refractivity contribution in [2.24, 2.45) is 0 Å². The van der Waals surface area contributed by atoms with Crippen LogP contribution in [0.4, 0.5) is 5.82 Å². The molecular weight excluding hydrogens is 305 g/mol. The molecule has 4 nitrogen and oxygen atoms in total. The van der Waals surface area contributed by atoms with Gasteiger partial charge in [0.15, 0.2) is 11.4 Å². The zero-order chi connectivity index (χ0) is 12.0. The van der Waals surface area contributed by atoms with Gasteiger partial charge in [0, 0.05) is 6.20 Å². The molecule has 0 aliphatic heterocycles. The molecular formula is C11H7BrClN3O. The monoisotopic (exact) mass is 311 g/mol. The molecule has 3 aromatic rings. The van der Waals surface area contributed by atoms with E-state index in [2.05, 4.69) is 20.9 Å². The fraction of sp³-hybridized carbons (Fsp3) is 0. The quantitative estimate of drug-likeness (QED) is 0.747. The average molecular weight is 313 g/mol. The number of imidazole rings is 1. The van der Waals surface area contributed by atoms with Gasteiger partial charge in [0.25, 0.3) is 0 Å². The molecule has 0 radical (unpaired) electrons. The van der Waals surface area contributed by atoms with Gasteiger partial charge in [0.2, 0.25) is 0 Å². The molecule has 0 unspecified atom stereocenters. The molecule has 0 aromatic carbocycles. The highest BCUT2D eigenvalue weighted by Gasteiger charge is 2.17. The average Bonchev–Trinajstić information content (AvgIpc) is 2.85. The fourth-order valence-electron chi connectivity index (χ4n) is 1.68. The summed E-state index contributed by atoms with van der Waals surface area (Å²) in [5.41, 5.74) is 7.22. The lowest BCUT2D eigenvalue weighted by Gasteiger charge is -1.97. The lowest BCUT2D eigenvalue weighted by atomic mass is 10.3. The van der Waals surface area contributed by atoms with E-state index in [1.807, 2.05) is 12.3 Å². The second kappa shape index (κ2) is 3.78. The van der Waals surface area contributed by atoms with Crippen LogP contribution < -0.4 is 5.73 Å². The Kier molecular flexibility index (Phi) is 2.38. The molecule has 0 aliphatic rings. The van der Waals surface area contributed by atoms with E-state index in [0.29, 0.717) is 27.9 Å². The minimum Gasteiger partial charge on any atom is -0.461 e. The first-order valence-corrected chi connectivity index (χ1v) is 6.01. The molecule has 3 rings (SSSR count). The van der Waals surface area contributed by atoms with Gasteiger partial charge in [-0.25, -0.2) is 4.98 Å². The predicted molar refractivity (Wildman–Crippen MR) is 70.0 cm³/mol. The molecule has 0 fully saturated rings. The normalized spacial score (nSPS) is 11.2. The Bertz CT molecular complexity index is 704. The second-order valence-electron chi connectivity index (χ2n) is 3.49. The van der Waals surface area contributed by atoms with Crippen LogP contribution in [0.2, 0.25) is 5.02 Å². The number of nitrogens with zero attached hydrogens (tertiary/aromatic N) is 2. The molecule has 0 bridgehead atoms. The van der Waals surface area contributed by atoms with Gasteiger partial charge in [0.1, 0.15) is 11.5 Å². The lowest BCUT2D eigenvalue weighted by Crippen LogP contribution is -1.93. The Balaban J connectivity index is 2.36. The highest BCUT2D eigenvalue weighted by molar-refractivity contribution is 9.10. The van der Waals surface area contributed by atoms with Crippen LogP contribution >= 0.6 is 27.5 Å². The van der Waals surface area contributed by atoms with Crippen LogP contribution in [0, 0.1) is 0 Å². The topological polar surface area (TPSA) is 56.5 Å². The van der Waals surface area contributed by atoms with Crippen molar-refractivity contribution in [1.29, 1.82) is 0 Å². The van der Waals surface area contributed by atoms with Crippen molar-refractivity contribution >= 4 is 39.0 Å². The highest BCUT2D eigenvalue weighted by Crippen LogP contribution is 2.34. The first kappa shape index (κ1) is 10.7. The van der Waals surface area contributed by atoms with Gasteiger partial charge in [-0.05, 0) is 34.1 Å². The van der Waals surface area contributed by atoms with E-state index in [9.17, 15) is 0 Å². The van der Waals surface area contributed by atoms with Gasteiger partial charge < -0.3 is 10.2 Å². The molecule has 0 spiro atoms. The number of rotatable bonds is 1. The summed E-state index contributed by atoms with van der Waals surface area (Å²) < 4.78 is 7.89. The van der Waals surface area contributed by atoms with Gasteiger partial charge >= 0.3 is 0 Å². The van der Waals surface area contributed by atoms with E-state index < -0.39 is 0 Å². The summed E-state index contributed by atoms with van der Waals surface area (Å²) in [6.07, 6.45) is 3.38. The number of fused-ring (bicyclic) bond motifs is 1. The van der Waals surface area contributed by atoms with Crippen LogP contribution in [-0.2, 0) is 0 Å². The SMILES string of the molecule is Nc1c(-c2occc2Br)nc2c(Cl)cccn12. The zero-order valence-electron chi connectivity index (χ0n) is 8.52. The van der Waals surface area contributed by atoms with Crippen molar-refractivity contribution in [2.45, 2.75) is 0 Å². The first-order chi connectivity index (χ1) is 8.18. The van der Waals surface area contributed by atoms with Crippen molar-refractivity contribution in [3.8, 4) is 11.5 Å². The number of nitrogens with two attached hydrogens (primary N) is 1. The fourth-order valence-corrected chi connectivity index (χ4v) is 2.28. The lowest BCUT2D eigenvalue weighted by molar-refractivity contribution is 0.579. The largest absolute Gasteiger partial charge is 0.461 e.